The van der Waals surface area contributed by atoms with Crippen molar-refractivity contribution in [2.75, 3.05) is 46.2 Å². The standard InChI is InChI=1S/C36H62N2O28/c1-10(46)38-17-31(66-34-24(53)20(49)18(47)12(3-40)59-34)19(48)13(4-41)58-32(17)63-28-15(6-43)61-35(26(55)22(28)51)65-30-16(7-44)62-36(27(56)23(30)52)64-29-14(5-42)60-33(25(54)21(29)50)57-8-11(2-39)37-9-45/h9,11-36,39-44,47-56H,2-8H2,1H3,(H,37,45)(H,38,46)/t11-,12-,13-,14-,15-,16-,17-,18+,19+,20+,21-,22-,23-,24-,25-,26-,27-,28+,29-,30+,31-,32+,33-,34+,35-,36+/m1/s1. The molecule has 384 valence electrons. The van der Waals surface area contributed by atoms with Gasteiger partial charge in [-0.1, -0.05) is 0 Å². The summed E-state index contributed by atoms with van der Waals surface area (Å²) in [6, 6.07) is -2.57. The highest BCUT2D eigenvalue weighted by molar-refractivity contribution is 5.73. The second-order valence-corrected chi connectivity index (χ2v) is 16.2. The highest BCUT2D eigenvalue weighted by atomic mass is 16.8. The Hall–Kier alpha value is -2.10. The molecule has 0 bridgehead atoms. The predicted molar refractivity (Wildman–Crippen MR) is 202 cm³/mol. The van der Waals surface area contributed by atoms with Crippen LogP contribution in [0, 0.1) is 0 Å². The fourth-order valence-corrected chi connectivity index (χ4v) is 8.02. The van der Waals surface area contributed by atoms with Gasteiger partial charge in [0.05, 0.1) is 52.3 Å². The molecule has 26 atom stereocenters. The van der Waals surface area contributed by atoms with Crippen LogP contribution >= 0.6 is 0 Å². The summed E-state index contributed by atoms with van der Waals surface area (Å²) < 4.78 is 56.3. The van der Waals surface area contributed by atoms with Crippen LogP contribution in [-0.4, -0.2) is 300 Å². The van der Waals surface area contributed by atoms with Crippen molar-refractivity contribution in [2.24, 2.45) is 0 Å². The molecule has 66 heavy (non-hydrogen) atoms. The Morgan fingerprint density at radius 2 is 0.848 bits per heavy atom. The smallest absolute Gasteiger partial charge is 0.217 e. The Balaban J connectivity index is 1.27. The van der Waals surface area contributed by atoms with E-state index in [1.54, 1.807) is 0 Å². The second-order valence-electron chi connectivity index (χ2n) is 16.2. The molecule has 30 heteroatoms. The minimum absolute atomic E-state index is 0.290. The van der Waals surface area contributed by atoms with Gasteiger partial charge in [0.1, 0.15) is 122 Å². The van der Waals surface area contributed by atoms with Gasteiger partial charge < -0.3 is 140 Å². The van der Waals surface area contributed by atoms with Gasteiger partial charge in [0.2, 0.25) is 12.3 Å². The molecule has 5 aliphatic rings. The van der Waals surface area contributed by atoms with Crippen molar-refractivity contribution < 1.29 is 139 Å². The Kier molecular flexibility index (Phi) is 20.5. The third-order valence-electron chi connectivity index (χ3n) is 11.7. The lowest BCUT2D eigenvalue weighted by atomic mass is 9.94. The van der Waals surface area contributed by atoms with E-state index in [4.69, 9.17) is 47.4 Å². The van der Waals surface area contributed by atoms with Gasteiger partial charge in [-0.2, -0.15) is 0 Å². The number of carbonyl (C=O) groups is 2. The van der Waals surface area contributed by atoms with Crippen molar-refractivity contribution >= 4 is 12.3 Å². The maximum absolute atomic E-state index is 12.4. The van der Waals surface area contributed by atoms with Gasteiger partial charge in [-0.3, -0.25) is 9.59 Å². The molecule has 18 N–H and O–H groups in total. The van der Waals surface area contributed by atoms with Crippen LogP contribution < -0.4 is 10.6 Å². The molecule has 0 aromatic carbocycles. The van der Waals surface area contributed by atoms with Crippen LogP contribution in [0.25, 0.3) is 0 Å². The molecule has 0 aromatic heterocycles. The summed E-state index contributed by atoms with van der Waals surface area (Å²) in [7, 11) is 0. The van der Waals surface area contributed by atoms with E-state index in [-0.39, 0.29) is 6.41 Å². The average Bonchev–Trinajstić information content (AvgIpc) is 3.30. The zero-order valence-corrected chi connectivity index (χ0v) is 35.1. The van der Waals surface area contributed by atoms with E-state index in [1.807, 2.05) is 0 Å². The van der Waals surface area contributed by atoms with Gasteiger partial charge in [0.15, 0.2) is 31.5 Å². The van der Waals surface area contributed by atoms with E-state index >= 15 is 0 Å². The molecule has 0 saturated carbocycles. The quantitative estimate of drug-likeness (QED) is 0.0504. The molecule has 0 aliphatic carbocycles. The molecule has 5 aliphatic heterocycles. The Morgan fingerprint density at radius 3 is 1.27 bits per heavy atom. The van der Waals surface area contributed by atoms with Crippen LogP contribution in [0.2, 0.25) is 0 Å². The number of ether oxygens (including phenoxy) is 10. The topological polar surface area (TPSA) is 474 Å². The lowest BCUT2D eigenvalue weighted by molar-refractivity contribution is -0.388. The molecule has 2 amide bonds. The number of rotatable bonds is 20. The summed E-state index contributed by atoms with van der Waals surface area (Å²) in [6.45, 7) is -4.60. The number of nitrogens with one attached hydrogen (secondary N) is 2. The molecule has 30 nitrogen and oxygen atoms in total. The van der Waals surface area contributed by atoms with Gasteiger partial charge in [-0.15, -0.1) is 0 Å². The van der Waals surface area contributed by atoms with E-state index in [0.29, 0.717) is 0 Å². The maximum atomic E-state index is 12.4. The monoisotopic (exact) mass is 970 g/mol. The lowest BCUT2D eigenvalue weighted by Crippen LogP contribution is -2.70. The van der Waals surface area contributed by atoms with Crippen LogP contribution in [0.4, 0.5) is 0 Å². The number of hydrogen-bond acceptors (Lipinski definition) is 28. The van der Waals surface area contributed by atoms with E-state index in [2.05, 4.69) is 10.6 Å². The van der Waals surface area contributed by atoms with Crippen molar-refractivity contribution in [1.29, 1.82) is 0 Å². The summed E-state index contributed by atoms with van der Waals surface area (Å²) in [6.07, 6.45) is -43.9. The Morgan fingerprint density at radius 1 is 0.485 bits per heavy atom. The number of aliphatic hydroxyl groups is 16. The third kappa shape index (κ3) is 12.1. The number of aliphatic hydroxyl groups excluding tert-OH is 16. The predicted octanol–water partition coefficient (Wildman–Crippen LogP) is -12.6. The number of hydrogen-bond donors (Lipinski definition) is 18. The first-order valence-electron chi connectivity index (χ1n) is 20.8. The third-order valence-corrected chi connectivity index (χ3v) is 11.7. The lowest BCUT2D eigenvalue weighted by Gasteiger charge is -2.50. The number of amides is 2. The zero-order valence-electron chi connectivity index (χ0n) is 35.1. The number of carbonyl (C=O) groups excluding carboxylic acids is 2. The van der Waals surface area contributed by atoms with Gasteiger partial charge in [0.25, 0.3) is 0 Å². The average molecular weight is 971 g/mol. The molecule has 5 fully saturated rings. The van der Waals surface area contributed by atoms with Gasteiger partial charge in [-0.05, 0) is 0 Å². The molecule has 0 radical (unpaired) electrons. The van der Waals surface area contributed by atoms with Crippen molar-refractivity contribution in [1.82, 2.24) is 10.6 Å². The highest BCUT2D eigenvalue weighted by Gasteiger charge is 2.57. The molecular weight excluding hydrogens is 908 g/mol. The van der Waals surface area contributed by atoms with Crippen molar-refractivity contribution in [3.63, 3.8) is 0 Å². The van der Waals surface area contributed by atoms with Gasteiger partial charge >= 0.3 is 0 Å². The van der Waals surface area contributed by atoms with E-state index < -0.39 is 212 Å². The van der Waals surface area contributed by atoms with Gasteiger partial charge in [0, 0.05) is 6.92 Å². The zero-order chi connectivity index (χ0) is 48.7. The summed E-state index contributed by atoms with van der Waals surface area (Å²) in [4.78, 5) is 23.2. The summed E-state index contributed by atoms with van der Waals surface area (Å²) >= 11 is 0. The van der Waals surface area contributed by atoms with E-state index in [0.717, 1.165) is 6.92 Å². The van der Waals surface area contributed by atoms with E-state index in [1.165, 1.54) is 0 Å². The van der Waals surface area contributed by atoms with Crippen LogP contribution in [0.5, 0.6) is 0 Å². The van der Waals surface area contributed by atoms with Crippen molar-refractivity contribution in [2.45, 2.75) is 166 Å². The summed E-state index contributed by atoms with van der Waals surface area (Å²) in [5, 5.41) is 173. The molecular formula is C36H62N2O28. The van der Waals surface area contributed by atoms with Gasteiger partial charge in [-0.25, -0.2) is 0 Å². The fraction of sp³-hybridized carbons (Fsp3) is 0.944. The van der Waals surface area contributed by atoms with Crippen molar-refractivity contribution in [3.05, 3.63) is 0 Å². The second kappa shape index (κ2) is 24.6. The first-order chi connectivity index (χ1) is 31.4. The minimum atomic E-state index is -2.17. The molecule has 5 saturated heterocycles. The van der Waals surface area contributed by atoms with Crippen molar-refractivity contribution in [3.8, 4) is 0 Å². The van der Waals surface area contributed by atoms with Crippen LogP contribution in [0.3, 0.4) is 0 Å². The normalized spacial score (nSPS) is 47.2. The van der Waals surface area contributed by atoms with Crippen LogP contribution in [0.15, 0.2) is 0 Å². The molecule has 5 heterocycles. The molecule has 0 unspecified atom stereocenters. The first-order valence-corrected chi connectivity index (χ1v) is 20.8. The summed E-state index contributed by atoms with van der Waals surface area (Å²) in [5.41, 5.74) is 0. The molecule has 5 rings (SSSR count). The Labute approximate surface area is 374 Å². The van der Waals surface area contributed by atoms with E-state index in [9.17, 15) is 91.3 Å². The maximum Gasteiger partial charge on any atom is 0.217 e. The minimum Gasteiger partial charge on any atom is -0.394 e. The molecule has 0 spiro atoms. The Bertz CT molecular complexity index is 1490. The first kappa shape index (κ1) is 54.8. The summed E-state index contributed by atoms with van der Waals surface area (Å²) in [5.74, 6) is -0.796. The van der Waals surface area contributed by atoms with Crippen LogP contribution in [0.1, 0.15) is 6.92 Å². The SMILES string of the molecule is CC(=O)N[C@H]1[C@H](O[C@@H]2[C@H](O)[C@@H](O)[C@@H](O[C@@H]3[C@H](O)[C@@H](O)[C@H](O[C@H]4[C@H](O)[C@@H](O)[C@H](OC[C@@H](CO)NC=O)O[C@@H]4CO)O[C@@H]3CO)O[C@@H]2CO)O[C@H](CO)[C@H](O)[C@@H]1O[C@@H]1O[C@H](CO)[C@H](O)[C@H](O)[C@H]1O. The van der Waals surface area contributed by atoms with Crippen LogP contribution in [-0.2, 0) is 57.0 Å². The highest BCUT2D eigenvalue weighted by Crippen LogP contribution is 2.36. The largest absolute Gasteiger partial charge is 0.394 e. The molecule has 0 aromatic rings. The fourth-order valence-electron chi connectivity index (χ4n) is 8.02.